The van der Waals surface area contributed by atoms with Crippen molar-refractivity contribution in [3.05, 3.63) is 23.8 Å². The summed E-state index contributed by atoms with van der Waals surface area (Å²) in [5, 5.41) is 44.5. The van der Waals surface area contributed by atoms with Crippen LogP contribution < -0.4 is 0 Å². The molecule has 5 fully saturated rings. The molecule has 6 nitrogen and oxygen atoms in total. The minimum absolute atomic E-state index is 0.0283. The molecule has 6 heteroatoms. The number of aliphatic hydroxyl groups excluding tert-OH is 3. The predicted molar refractivity (Wildman–Crippen MR) is 90.6 cm³/mol. The van der Waals surface area contributed by atoms with Crippen molar-refractivity contribution in [1.29, 1.82) is 0 Å². The van der Waals surface area contributed by atoms with E-state index in [1.54, 1.807) is 6.08 Å². The van der Waals surface area contributed by atoms with Gasteiger partial charge in [0.05, 0.1) is 18.8 Å². The molecule has 2 saturated heterocycles. The molecule has 0 aromatic carbocycles. The summed E-state index contributed by atoms with van der Waals surface area (Å²) < 4.78 is 5.81. The summed E-state index contributed by atoms with van der Waals surface area (Å²) >= 11 is 0. The van der Waals surface area contributed by atoms with Gasteiger partial charge in [0, 0.05) is 17.3 Å². The number of carbonyl (C=O) groups excluding carboxylic acids is 1. The van der Waals surface area contributed by atoms with Gasteiger partial charge in [-0.15, -0.1) is 0 Å². The highest BCUT2D eigenvalue weighted by atomic mass is 16.6. The fourth-order valence-electron chi connectivity index (χ4n) is 7.09. The molecule has 8 atom stereocenters. The molecule has 0 unspecified atom stereocenters. The molecule has 6 aliphatic rings. The third-order valence-electron chi connectivity index (χ3n) is 8.28. The van der Waals surface area contributed by atoms with Gasteiger partial charge in [-0.1, -0.05) is 26.5 Å². The minimum atomic E-state index is -2.06. The molecule has 2 aliphatic heterocycles. The summed E-state index contributed by atoms with van der Waals surface area (Å²) in [4.78, 5) is 13.3. The first-order valence-electron chi connectivity index (χ1n) is 9.41. The van der Waals surface area contributed by atoms with Gasteiger partial charge < -0.3 is 25.2 Å². The molecule has 142 valence electrons. The van der Waals surface area contributed by atoms with E-state index in [1.807, 2.05) is 13.8 Å². The number of rotatable bonds is 0. The van der Waals surface area contributed by atoms with Crippen molar-refractivity contribution < 1.29 is 30.0 Å². The van der Waals surface area contributed by atoms with Gasteiger partial charge in [-0.2, -0.15) is 0 Å². The highest BCUT2D eigenvalue weighted by Gasteiger charge is 2.83. The Balaban J connectivity index is 1.85. The van der Waals surface area contributed by atoms with Crippen molar-refractivity contribution in [2.24, 2.45) is 28.1 Å². The van der Waals surface area contributed by atoms with Crippen molar-refractivity contribution in [2.45, 2.75) is 57.2 Å². The Morgan fingerprint density at radius 3 is 2.65 bits per heavy atom. The van der Waals surface area contributed by atoms with E-state index in [0.29, 0.717) is 18.4 Å². The molecule has 0 radical (unpaired) electrons. The number of ketones is 1. The second-order valence-electron chi connectivity index (χ2n) is 9.63. The maximum Gasteiger partial charge on any atom is 0.209 e. The van der Waals surface area contributed by atoms with E-state index >= 15 is 0 Å². The van der Waals surface area contributed by atoms with Crippen molar-refractivity contribution in [3.8, 4) is 0 Å². The zero-order chi connectivity index (χ0) is 18.9. The number of aliphatic hydroxyl groups is 4. The lowest BCUT2D eigenvalue weighted by Crippen LogP contribution is -2.81. The smallest absolute Gasteiger partial charge is 0.209 e. The first-order valence-corrected chi connectivity index (χ1v) is 9.41. The highest BCUT2D eigenvalue weighted by molar-refractivity contribution is 6.06. The second kappa shape index (κ2) is 4.50. The molecule has 26 heavy (non-hydrogen) atoms. The van der Waals surface area contributed by atoms with E-state index in [4.69, 9.17) is 4.74 Å². The van der Waals surface area contributed by atoms with Gasteiger partial charge >= 0.3 is 0 Å². The third kappa shape index (κ3) is 1.43. The van der Waals surface area contributed by atoms with Crippen LogP contribution in [0.5, 0.6) is 0 Å². The van der Waals surface area contributed by atoms with Gasteiger partial charge in [0.25, 0.3) is 0 Å². The van der Waals surface area contributed by atoms with Crippen LogP contribution in [0.25, 0.3) is 0 Å². The van der Waals surface area contributed by atoms with Crippen LogP contribution in [0.4, 0.5) is 0 Å². The summed E-state index contributed by atoms with van der Waals surface area (Å²) in [7, 11) is 0. The molecule has 2 spiro atoms. The lowest BCUT2D eigenvalue weighted by atomic mass is 9.39. The fraction of sp³-hybridized carbons (Fsp3) is 0.750. The van der Waals surface area contributed by atoms with Crippen molar-refractivity contribution in [2.75, 3.05) is 6.61 Å². The Hall–Kier alpha value is -1.05. The van der Waals surface area contributed by atoms with E-state index in [0.717, 1.165) is 0 Å². The lowest BCUT2D eigenvalue weighted by Gasteiger charge is -2.71. The van der Waals surface area contributed by atoms with Crippen LogP contribution in [0.3, 0.4) is 0 Å². The number of fused-ring (bicyclic) bond motifs is 2. The van der Waals surface area contributed by atoms with Crippen LogP contribution >= 0.6 is 0 Å². The summed E-state index contributed by atoms with van der Waals surface area (Å²) in [6.45, 7) is 7.91. The zero-order valence-electron chi connectivity index (χ0n) is 15.1. The number of hydrogen-bond donors (Lipinski definition) is 4. The predicted octanol–water partition coefficient (Wildman–Crippen LogP) is 0.296. The molecule has 0 aromatic heterocycles. The van der Waals surface area contributed by atoms with Crippen LogP contribution in [0.2, 0.25) is 0 Å². The number of carbonyl (C=O) groups is 1. The highest BCUT2D eigenvalue weighted by Crippen LogP contribution is 2.75. The van der Waals surface area contributed by atoms with Crippen LogP contribution in [0.15, 0.2) is 23.8 Å². The maximum atomic E-state index is 13.3. The van der Waals surface area contributed by atoms with Crippen LogP contribution in [-0.4, -0.2) is 56.9 Å². The molecule has 3 saturated carbocycles. The molecule has 4 N–H and O–H groups in total. The fourth-order valence-corrected chi connectivity index (χ4v) is 7.09. The largest absolute Gasteiger partial charge is 0.392 e. The van der Waals surface area contributed by atoms with E-state index in [9.17, 15) is 25.2 Å². The average Bonchev–Trinajstić information content (AvgIpc) is 2.80. The van der Waals surface area contributed by atoms with Gasteiger partial charge in [0.2, 0.25) is 5.79 Å². The second-order valence-corrected chi connectivity index (χ2v) is 9.63. The average molecular weight is 362 g/mol. The van der Waals surface area contributed by atoms with E-state index in [1.165, 1.54) is 0 Å². The Labute approximate surface area is 152 Å². The molecule has 2 heterocycles. The first kappa shape index (κ1) is 17.1. The molecule has 6 rings (SSSR count). The van der Waals surface area contributed by atoms with Crippen molar-refractivity contribution in [3.63, 3.8) is 0 Å². The lowest BCUT2D eigenvalue weighted by molar-refractivity contribution is -0.403. The molecule has 4 aliphatic carbocycles. The van der Waals surface area contributed by atoms with E-state index < -0.39 is 46.8 Å². The topological polar surface area (TPSA) is 107 Å². The molecular weight excluding hydrogens is 336 g/mol. The van der Waals surface area contributed by atoms with Crippen LogP contribution in [0.1, 0.15) is 33.1 Å². The van der Waals surface area contributed by atoms with Gasteiger partial charge in [-0.05, 0) is 35.8 Å². The zero-order valence-corrected chi connectivity index (χ0v) is 15.1. The van der Waals surface area contributed by atoms with Gasteiger partial charge in [0.1, 0.15) is 11.5 Å². The Morgan fingerprint density at radius 2 is 1.96 bits per heavy atom. The quantitative estimate of drug-likeness (QED) is 0.365. The van der Waals surface area contributed by atoms with Crippen molar-refractivity contribution in [1.82, 2.24) is 0 Å². The number of Topliss-reactive ketones (excluding diaryl/α,β-unsaturated/α-hetero) is 1. The maximum absolute atomic E-state index is 13.3. The normalized spacial score (nSPS) is 56.8. The van der Waals surface area contributed by atoms with Crippen LogP contribution in [0, 0.1) is 28.1 Å². The van der Waals surface area contributed by atoms with Gasteiger partial charge in [0.15, 0.2) is 5.78 Å². The first-order chi connectivity index (χ1) is 12.0. The Bertz CT molecular complexity index is 770. The van der Waals surface area contributed by atoms with Crippen LogP contribution in [-0.2, 0) is 9.53 Å². The summed E-state index contributed by atoms with van der Waals surface area (Å²) in [5.41, 5.74) is -1.99. The standard InChI is InChI=1S/C20H26O6/c1-9-10-7-19(15(9)23)12(6-11(10)21)18-8-26-20(19,25)16(24)14(18)17(2,3)5-4-13(18)22/h6,10-11,13-14,16,21-22,24-25H,1,4-5,7-8H2,2-3H3/t10-,11-,13+,14-,16+,18-,19+,20-/m1/s1. The summed E-state index contributed by atoms with van der Waals surface area (Å²) in [5.74, 6) is -3.40. The number of ether oxygens (including phenoxy) is 1. The minimum Gasteiger partial charge on any atom is -0.392 e. The molecule has 4 bridgehead atoms. The van der Waals surface area contributed by atoms with Gasteiger partial charge in [-0.3, -0.25) is 4.79 Å². The SMILES string of the molecule is C=C1C(=O)[C@]23C[C@H]1[C@H](O)C=C2[C@@]12CO[C@]3(O)[C@@H](O)[C@@H]1C(C)(C)CC[C@@H]2O. The number of hydrogen-bond acceptors (Lipinski definition) is 6. The Morgan fingerprint density at radius 1 is 1.27 bits per heavy atom. The molecule has 0 amide bonds. The molecular formula is C20H26O6. The van der Waals surface area contributed by atoms with E-state index in [-0.39, 0.29) is 29.8 Å². The Kier molecular flexibility index (Phi) is 2.95. The van der Waals surface area contributed by atoms with E-state index in [2.05, 4.69) is 6.58 Å². The summed E-state index contributed by atoms with van der Waals surface area (Å²) in [6, 6.07) is 0. The monoisotopic (exact) mass is 362 g/mol. The van der Waals surface area contributed by atoms with Gasteiger partial charge in [-0.25, -0.2) is 0 Å². The summed E-state index contributed by atoms with van der Waals surface area (Å²) in [6.07, 6.45) is 0.00988. The molecule has 0 aromatic rings. The van der Waals surface area contributed by atoms with Crippen molar-refractivity contribution >= 4 is 5.78 Å². The third-order valence-corrected chi connectivity index (χ3v) is 8.28.